The molecule has 0 saturated carbocycles. The Kier molecular flexibility index (Phi) is 6.62. The van der Waals surface area contributed by atoms with Gasteiger partial charge in [0, 0.05) is 24.1 Å². The van der Waals surface area contributed by atoms with Crippen molar-refractivity contribution < 1.29 is 19.1 Å². The number of halogens is 1. The third kappa shape index (κ3) is 5.15. The molecule has 9 heteroatoms. The van der Waals surface area contributed by atoms with Crippen LogP contribution >= 0.6 is 23.4 Å². The summed E-state index contributed by atoms with van der Waals surface area (Å²) in [4.78, 5) is 28.9. The summed E-state index contributed by atoms with van der Waals surface area (Å²) in [6, 6.07) is 3.40. The molecule has 2 amide bonds. The number of anilines is 1. The Labute approximate surface area is 167 Å². The number of carbonyl (C=O) groups excluding carboxylic acids is 2. The first-order valence-corrected chi connectivity index (χ1v) is 9.99. The molecule has 2 aliphatic heterocycles. The average molecular weight is 412 g/mol. The molecule has 0 spiro atoms. The first kappa shape index (κ1) is 20.0. The van der Waals surface area contributed by atoms with Crippen LogP contribution in [0.1, 0.15) is 24.8 Å². The van der Waals surface area contributed by atoms with E-state index in [1.807, 2.05) is 6.92 Å². The second-order valence-corrected chi connectivity index (χ2v) is 8.03. The highest BCUT2D eigenvalue weighted by atomic mass is 35.5. The summed E-state index contributed by atoms with van der Waals surface area (Å²) in [5, 5.41) is 6.13. The van der Waals surface area contributed by atoms with Crippen molar-refractivity contribution in [1.82, 2.24) is 5.32 Å². The fraction of sp³-hybridized carbons (Fsp3) is 0.500. The van der Waals surface area contributed by atoms with Crippen molar-refractivity contribution in [2.45, 2.75) is 37.5 Å². The van der Waals surface area contributed by atoms with Gasteiger partial charge in [0.25, 0.3) is 0 Å². The molecule has 2 saturated heterocycles. The summed E-state index contributed by atoms with van der Waals surface area (Å²) >= 11 is 7.36. The first-order chi connectivity index (χ1) is 13.0. The van der Waals surface area contributed by atoms with Crippen molar-refractivity contribution in [1.29, 1.82) is 0 Å². The number of nitrogens with zero attached hydrogens (tertiary/aromatic N) is 1. The average Bonchev–Trinajstić information content (AvgIpc) is 3.26. The van der Waals surface area contributed by atoms with Crippen LogP contribution in [-0.4, -0.2) is 48.6 Å². The zero-order valence-corrected chi connectivity index (χ0v) is 16.8. The largest absolute Gasteiger partial charge is 0.495 e. The molecule has 0 bridgehead atoms. The minimum Gasteiger partial charge on any atom is -0.495 e. The predicted molar refractivity (Wildman–Crippen MR) is 107 cm³/mol. The van der Waals surface area contributed by atoms with Crippen LogP contribution < -0.4 is 15.4 Å². The number of nitrogens with one attached hydrogen (secondary N) is 2. The van der Waals surface area contributed by atoms with Crippen LogP contribution in [0.15, 0.2) is 17.1 Å². The standard InChI is InChI=1S/C18H22ClN3O4S/c1-10-6-13(14(25-2)7-12(10)19)21-16(23)8-15-17(24)22-18(27-15)20-9-11-4-3-5-26-11/h6-7,11,15H,3-5,8-9H2,1-2H3,(H,21,23)(H,20,22,24). The number of thioether (sulfide) groups is 1. The number of hydrogen-bond acceptors (Lipinski definition) is 6. The van der Waals surface area contributed by atoms with Gasteiger partial charge in [-0.3, -0.25) is 14.6 Å². The molecule has 2 N–H and O–H groups in total. The molecule has 1 aromatic rings. The molecule has 2 atom stereocenters. The fourth-order valence-corrected chi connectivity index (χ4v) is 4.02. The lowest BCUT2D eigenvalue weighted by Gasteiger charge is -2.13. The van der Waals surface area contributed by atoms with E-state index < -0.39 is 5.25 Å². The van der Waals surface area contributed by atoms with E-state index in [-0.39, 0.29) is 24.3 Å². The molecular weight excluding hydrogens is 390 g/mol. The van der Waals surface area contributed by atoms with E-state index in [0.29, 0.717) is 28.2 Å². The molecule has 27 heavy (non-hydrogen) atoms. The molecule has 0 aliphatic carbocycles. The van der Waals surface area contributed by atoms with Crippen LogP contribution in [-0.2, 0) is 14.3 Å². The monoisotopic (exact) mass is 411 g/mol. The molecule has 1 aromatic carbocycles. The van der Waals surface area contributed by atoms with Crippen molar-refractivity contribution in [3.8, 4) is 5.75 Å². The van der Waals surface area contributed by atoms with Crippen LogP contribution in [0.5, 0.6) is 5.75 Å². The normalized spacial score (nSPS) is 23.5. The smallest absolute Gasteiger partial charge is 0.240 e. The molecule has 146 valence electrons. The second-order valence-electron chi connectivity index (χ2n) is 6.43. The zero-order valence-electron chi connectivity index (χ0n) is 15.2. The summed E-state index contributed by atoms with van der Waals surface area (Å²) in [6.45, 7) is 3.14. The lowest BCUT2D eigenvalue weighted by molar-refractivity contribution is -0.122. The highest BCUT2D eigenvalue weighted by molar-refractivity contribution is 8.15. The molecular formula is C18H22ClN3O4S. The quantitative estimate of drug-likeness (QED) is 0.751. The van der Waals surface area contributed by atoms with Crippen molar-refractivity contribution in [2.24, 2.45) is 4.99 Å². The lowest BCUT2D eigenvalue weighted by Crippen LogP contribution is -2.28. The highest BCUT2D eigenvalue weighted by Gasteiger charge is 2.32. The van der Waals surface area contributed by atoms with Crippen LogP contribution in [0.4, 0.5) is 5.69 Å². The Morgan fingerprint density at radius 3 is 3.04 bits per heavy atom. The Morgan fingerprint density at radius 2 is 2.33 bits per heavy atom. The number of amides is 2. The maximum absolute atomic E-state index is 12.4. The van der Waals surface area contributed by atoms with Gasteiger partial charge < -0.3 is 20.1 Å². The maximum atomic E-state index is 12.4. The van der Waals surface area contributed by atoms with Gasteiger partial charge in [0.2, 0.25) is 11.8 Å². The molecule has 0 aromatic heterocycles. The number of benzene rings is 1. The van der Waals surface area contributed by atoms with Gasteiger partial charge in [-0.15, -0.1) is 0 Å². The highest BCUT2D eigenvalue weighted by Crippen LogP contribution is 2.31. The number of hydrogen-bond donors (Lipinski definition) is 2. The van der Waals surface area contributed by atoms with Gasteiger partial charge in [-0.05, 0) is 31.4 Å². The summed E-state index contributed by atoms with van der Waals surface area (Å²) in [5.74, 6) is -0.00941. The van der Waals surface area contributed by atoms with Crippen molar-refractivity contribution in [3.05, 3.63) is 22.7 Å². The van der Waals surface area contributed by atoms with Gasteiger partial charge in [0.15, 0.2) is 5.17 Å². The van der Waals surface area contributed by atoms with Crippen LogP contribution in [0.25, 0.3) is 0 Å². The molecule has 2 aliphatic rings. The molecule has 0 radical (unpaired) electrons. The van der Waals surface area contributed by atoms with E-state index >= 15 is 0 Å². The van der Waals surface area contributed by atoms with Gasteiger partial charge in [0.05, 0.1) is 25.4 Å². The van der Waals surface area contributed by atoms with E-state index in [1.54, 1.807) is 12.1 Å². The van der Waals surface area contributed by atoms with E-state index in [1.165, 1.54) is 18.9 Å². The van der Waals surface area contributed by atoms with E-state index in [4.69, 9.17) is 21.1 Å². The van der Waals surface area contributed by atoms with Crippen molar-refractivity contribution in [3.63, 3.8) is 0 Å². The van der Waals surface area contributed by atoms with E-state index in [0.717, 1.165) is 25.0 Å². The predicted octanol–water partition coefficient (Wildman–Crippen LogP) is 2.75. The van der Waals surface area contributed by atoms with Gasteiger partial charge >= 0.3 is 0 Å². The fourth-order valence-electron chi connectivity index (χ4n) is 2.89. The minimum absolute atomic E-state index is 0.0419. The van der Waals surface area contributed by atoms with E-state index in [9.17, 15) is 9.59 Å². The summed E-state index contributed by atoms with van der Waals surface area (Å²) in [5.41, 5.74) is 1.35. The Hall–Kier alpha value is -1.77. The van der Waals surface area contributed by atoms with Crippen molar-refractivity contribution in [2.75, 3.05) is 25.6 Å². The van der Waals surface area contributed by atoms with Gasteiger partial charge in [-0.2, -0.15) is 0 Å². The summed E-state index contributed by atoms with van der Waals surface area (Å²) in [6.07, 6.45) is 2.20. The summed E-state index contributed by atoms with van der Waals surface area (Å²) < 4.78 is 10.8. The van der Waals surface area contributed by atoms with Gasteiger partial charge in [-0.1, -0.05) is 23.4 Å². The Morgan fingerprint density at radius 1 is 1.52 bits per heavy atom. The van der Waals surface area contributed by atoms with Crippen LogP contribution in [0.3, 0.4) is 0 Å². The lowest BCUT2D eigenvalue weighted by atomic mass is 10.2. The number of rotatable bonds is 6. The number of aliphatic imine (C=N–C) groups is 1. The topological polar surface area (TPSA) is 89.0 Å². The van der Waals surface area contributed by atoms with Gasteiger partial charge in [-0.25, -0.2) is 0 Å². The Balaban J connectivity index is 1.57. The number of carbonyl (C=O) groups is 2. The van der Waals surface area contributed by atoms with Crippen molar-refractivity contribution >= 4 is 46.0 Å². The molecule has 7 nitrogen and oxygen atoms in total. The molecule has 2 fully saturated rings. The minimum atomic E-state index is -0.507. The number of aryl methyl sites for hydroxylation is 1. The van der Waals surface area contributed by atoms with Gasteiger partial charge in [0.1, 0.15) is 11.0 Å². The third-order valence-electron chi connectivity index (χ3n) is 4.36. The molecule has 2 heterocycles. The molecule has 2 unspecified atom stereocenters. The van der Waals surface area contributed by atoms with E-state index in [2.05, 4.69) is 15.6 Å². The second kappa shape index (κ2) is 8.95. The first-order valence-electron chi connectivity index (χ1n) is 8.74. The number of ether oxygens (including phenoxy) is 2. The van der Waals surface area contributed by atoms with Crippen LogP contribution in [0, 0.1) is 6.92 Å². The summed E-state index contributed by atoms with van der Waals surface area (Å²) in [7, 11) is 1.51. The Bertz CT molecular complexity index is 765. The zero-order chi connectivity index (χ0) is 19.4. The number of amidine groups is 1. The van der Waals surface area contributed by atoms with Crippen LogP contribution in [0.2, 0.25) is 5.02 Å². The third-order valence-corrected chi connectivity index (χ3v) is 5.89. The molecule has 3 rings (SSSR count). The SMILES string of the molecule is COc1cc(Cl)c(C)cc1NC(=O)CC1SC(=NCC2CCCO2)NC1=O. The maximum Gasteiger partial charge on any atom is 0.240 e. The number of methoxy groups -OCH3 is 1.